The van der Waals surface area contributed by atoms with Crippen LogP contribution < -0.4 is 0 Å². The fourth-order valence-electron chi connectivity index (χ4n) is 3.56. The van der Waals surface area contributed by atoms with Gasteiger partial charge in [-0.1, -0.05) is 36.6 Å². The summed E-state index contributed by atoms with van der Waals surface area (Å²) in [5.74, 6) is 0.538. The van der Waals surface area contributed by atoms with Gasteiger partial charge in [-0.25, -0.2) is 4.79 Å². The number of rotatable bonds is 3. The van der Waals surface area contributed by atoms with Crippen LogP contribution in [-0.4, -0.2) is 31.1 Å². The lowest BCUT2D eigenvalue weighted by molar-refractivity contribution is 0.190. The summed E-state index contributed by atoms with van der Waals surface area (Å²) in [6, 6.07) is 6.24. The molecule has 1 saturated carbocycles. The lowest BCUT2D eigenvalue weighted by Gasteiger charge is -2.37. The van der Waals surface area contributed by atoms with Crippen LogP contribution in [0, 0.1) is 0 Å². The van der Waals surface area contributed by atoms with Crippen LogP contribution in [0.1, 0.15) is 42.7 Å². The molecule has 4 heteroatoms. The molecule has 0 unspecified atom stereocenters. The zero-order valence-electron chi connectivity index (χ0n) is 11.7. The van der Waals surface area contributed by atoms with Gasteiger partial charge in [0.1, 0.15) is 0 Å². The number of hydrogen-bond donors (Lipinski definition) is 0. The predicted octanol–water partition coefficient (Wildman–Crippen LogP) is 3.47. The molecule has 3 nitrogen and oxygen atoms in total. The first-order chi connectivity index (χ1) is 9.64. The highest BCUT2D eigenvalue weighted by atomic mass is 35.5. The topological polar surface area (TPSA) is 32.7 Å². The van der Waals surface area contributed by atoms with Gasteiger partial charge in [-0.15, -0.1) is 0 Å². The lowest BCUT2D eigenvalue weighted by atomic mass is 9.85. The maximum Gasteiger partial charge on any atom is 0.235 e. The van der Waals surface area contributed by atoms with Crippen LogP contribution in [0.5, 0.6) is 0 Å². The monoisotopic (exact) mass is 290 g/mol. The Labute approximate surface area is 124 Å². The van der Waals surface area contributed by atoms with Crippen molar-refractivity contribution in [3.05, 3.63) is 34.3 Å². The molecule has 0 aromatic heterocycles. The predicted molar refractivity (Wildman–Crippen MR) is 80.0 cm³/mol. The summed E-state index contributed by atoms with van der Waals surface area (Å²) in [6.07, 6.45) is 5.82. The Morgan fingerprint density at radius 2 is 2.05 bits per heavy atom. The lowest BCUT2D eigenvalue weighted by Crippen LogP contribution is -2.41. The fraction of sp³-hybridized carbons (Fsp3) is 0.562. The molecule has 0 amide bonds. The van der Waals surface area contributed by atoms with Crippen molar-refractivity contribution in [1.29, 1.82) is 0 Å². The van der Waals surface area contributed by atoms with Gasteiger partial charge in [-0.3, -0.25) is 0 Å². The Balaban J connectivity index is 1.91. The molecular formula is C16H19ClN2O. The molecule has 0 bridgehead atoms. The van der Waals surface area contributed by atoms with E-state index in [0.29, 0.717) is 5.92 Å². The first-order valence-corrected chi connectivity index (χ1v) is 7.60. The Morgan fingerprint density at radius 1 is 1.35 bits per heavy atom. The summed E-state index contributed by atoms with van der Waals surface area (Å²) in [4.78, 5) is 17.2. The van der Waals surface area contributed by atoms with Gasteiger partial charge in [0.05, 0.1) is 5.54 Å². The third kappa shape index (κ3) is 2.31. The molecule has 1 heterocycles. The summed E-state index contributed by atoms with van der Waals surface area (Å²) in [5, 5.41) is 0.813. The van der Waals surface area contributed by atoms with Crippen molar-refractivity contribution < 1.29 is 4.79 Å². The summed E-state index contributed by atoms with van der Waals surface area (Å²) < 4.78 is 0. The maximum absolute atomic E-state index is 10.8. The number of likely N-dealkylation sites (N-methyl/N-ethyl adjacent to an activating group) is 1. The van der Waals surface area contributed by atoms with E-state index in [1.165, 1.54) is 5.56 Å². The van der Waals surface area contributed by atoms with Gasteiger partial charge in [0, 0.05) is 24.0 Å². The van der Waals surface area contributed by atoms with E-state index in [1.807, 2.05) is 6.07 Å². The van der Waals surface area contributed by atoms with Crippen LogP contribution in [0.2, 0.25) is 5.02 Å². The zero-order valence-corrected chi connectivity index (χ0v) is 12.5. The Kier molecular flexibility index (Phi) is 3.68. The molecule has 0 spiro atoms. The number of benzene rings is 1. The smallest absolute Gasteiger partial charge is 0.235 e. The van der Waals surface area contributed by atoms with Crippen molar-refractivity contribution in [2.45, 2.75) is 37.1 Å². The summed E-state index contributed by atoms with van der Waals surface area (Å²) in [6.45, 7) is 2.13. The molecule has 20 heavy (non-hydrogen) atoms. The Bertz CT molecular complexity index is 554. The van der Waals surface area contributed by atoms with Gasteiger partial charge in [0.2, 0.25) is 6.08 Å². The second-order valence-electron chi connectivity index (χ2n) is 6.10. The second kappa shape index (κ2) is 5.33. The number of likely N-dealkylation sites (tertiary alicyclic amines) is 1. The first kappa shape index (κ1) is 13.8. The normalized spacial score (nSPS) is 22.3. The molecule has 0 atom stereocenters. The molecule has 3 rings (SSSR count). The van der Waals surface area contributed by atoms with E-state index in [2.05, 4.69) is 29.1 Å². The number of hydrogen-bond acceptors (Lipinski definition) is 3. The van der Waals surface area contributed by atoms with Crippen LogP contribution >= 0.6 is 11.6 Å². The van der Waals surface area contributed by atoms with Crippen molar-refractivity contribution >= 4 is 17.7 Å². The van der Waals surface area contributed by atoms with E-state index in [1.54, 1.807) is 6.08 Å². The van der Waals surface area contributed by atoms with Crippen molar-refractivity contribution in [3.63, 3.8) is 0 Å². The SMILES string of the molecule is CN1CC(c2ccc(C3(N=C=O)CCCC3)cc2Cl)C1. The van der Waals surface area contributed by atoms with E-state index in [0.717, 1.165) is 49.4 Å². The van der Waals surface area contributed by atoms with Gasteiger partial charge >= 0.3 is 0 Å². The van der Waals surface area contributed by atoms with Gasteiger partial charge in [0.15, 0.2) is 0 Å². The van der Waals surface area contributed by atoms with Crippen LogP contribution in [-0.2, 0) is 10.3 Å². The van der Waals surface area contributed by atoms with E-state index >= 15 is 0 Å². The van der Waals surface area contributed by atoms with Crippen molar-refractivity contribution in [1.82, 2.24) is 4.90 Å². The van der Waals surface area contributed by atoms with E-state index in [9.17, 15) is 4.79 Å². The van der Waals surface area contributed by atoms with E-state index in [4.69, 9.17) is 11.6 Å². The number of halogens is 1. The number of carbonyl (C=O) groups excluding carboxylic acids is 1. The minimum Gasteiger partial charge on any atom is -0.305 e. The maximum atomic E-state index is 10.8. The molecule has 2 aliphatic rings. The number of aliphatic imine (C=N–C) groups is 1. The van der Waals surface area contributed by atoms with Gasteiger partial charge in [-0.05, 0) is 37.1 Å². The zero-order chi connectivity index (χ0) is 14.2. The van der Waals surface area contributed by atoms with Gasteiger partial charge in [0.25, 0.3) is 0 Å². The summed E-state index contributed by atoms with van der Waals surface area (Å²) in [5.41, 5.74) is 1.91. The van der Waals surface area contributed by atoms with Gasteiger partial charge < -0.3 is 4.90 Å². The number of isocyanates is 1. The van der Waals surface area contributed by atoms with Crippen molar-refractivity contribution in [2.24, 2.45) is 4.99 Å². The molecule has 1 aliphatic carbocycles. The standard InChI is InChI=1S/C16H19ClN2O/c1-19-9-12(10-19)14-5-4-13(8-15(14)17)16(18-11-20)6-2-3-7-16/h4-5,8,12H,2-3,6-7,9-10H2,1H3. The van der Waals surface area contributed by atoms with Crippen LogP contribution in [0.25, 0.3) is 0 Å². The summed E-state index contributed by atoms with van der Waals surface area (Å²) in [7, 11) is 2.12. The largest absolute Gasteiger partial charge is 0.305 e. The highest BCUT2D eigenvalue weighted by molar-refractivity contribution is 6.31. The van der Waals surface area contributed by atoms with E-state index in [-0.39, 0.29) is 5.54 Å². The third-order valence-corrected chi connectivity index (χ3v) is 5.06. The molecule has 1 saturated heterocycles. The quantitative estimate of drug-likeness (QED) is 0.631. The average molecular weight is 291 g/mol. The molecule has 1 aromatic rings. The van der Waals surface area contributed by atoms with E-state index < -0.39 is 0 Å². The molecule has 1 aromatic carbocycles. The minimum absolute atomic E-state index is 0.375. The van der Waals surface area contributed by atoms with Gasteiger partial charge in [-0.2, -0.15) is 4.99 Å². The first-order valence-electron chi connectivity index (χ1n) is 7.22. The third-order valence-electron chi connectivity index (χ3n) is 4.73. The number of nitrogens with zero attached hydrogens (tertiary/aromatic N) is 2. The fourth-order valence-corrected chi connectivity index (χ4v) is 3.89. The average Bonchev–Trinajstić information content (AvgIpc) is 2.86. The minimum atomic E-state index is -0.375. The van der Waals surface area contributed by atoms with Crippen molar-refractivity contribution in [3.8, 4) is 0 Å². The molecule has 1 aliphatic heterocycles. The Morgan fingerprint density at radius 3 is 2.60 bits per heavy atom. The molecule has 2 fully saturated rings. The van der Waals surface area contributed by atoms with Crippen LogP contribution in [0.4, 0.5) is 0 Å². The molecule has 106 valence electrons. The van der Waals surface area contributed by atoms with Crippen LogP contribution in [0.3, 0.4) is 0 Å². The Hall–Kier alpha value is -1.15. The molecule has 0 N–H and O–H groups in total. The van der Waals surface area contributed by atoms with Crippen molar-refractivity contribution in [2.75, 3.05) is 20.1 Å². The molecule has 0 radical (unpaired) electrons. The summed E-state index contributed by atoms with van der Waals surface area (Å²) >= 11 is 6.47. The molecular weight excluding hydrogens is 272 g/mol. The highest BCUT2D eigenvalue weighted by Crippen LogP contribution is 2.44. The highest BCUT2D eigenvalue weighted by Gasteiger charge is 2.36. The second-order valence-corrected chi connectivity index (χ2v) is 6.50. The van der Waals surface area contributed by atoms with Crippen LogP contribution in [0.15, 0.2) is 23.2 Å².